The van der Waals surface area contributed by atoms with E-state index in [0.29, 0.717) is 5.01 Å². The first-order valence-corrected chi connectivity index (χ1v) is 5.43. The Hall–Kier alpha value is -2.66. The fourth-order valence-corrected chi connectivity index (χ4v) is 1.46. The van der Waals surface area contributed by atoms with E-state index >= 15 is 0 Å². The second kappa shape index (κ2) is 5.99. The Kier molecular flexibility index (Phi) is 4.61. The number of hydrogen-bond donors (Lipinski definition) is 2. The summed E-state index contributed by atoms with van der Waals surface area (Å²) in [6.07, 6.45) is -0.327. The van der Waals surface area contributed by atoms with Crippen LogP contribution in [0.15, 0.2) is 18.2 Å². The van der Waals surface area contributed by atoms with Crippen molar-refractivity contribution in [3.8, 4) is 0 Å². The lowest BCUT2D eigenvalue weighted by molar-refractivity contribution is -0.422. The molecular formula is C9H9N5O5S. The lowest BCUT2D eigenvalue weighted by atomic mass is 10.1. The molecular weight excluding hydrogens is 290 g/mol. The average molecular weight is 299 g/mol. The van der Waals surface area contributed by atoms with Gasteiger partial charge in [-0.05, 0) is 17.8 Å². The number of rotatable bonds is 4. The van der Waals surface area contributed by atoms with Gasteiger partial charge in [0, 0.05) is 12.1 Å². The molecule has 0 aromatic heterocycles. The highest BCUT2D eigenvalue weighted by atomic mass is 32.1. The molecule has 10 nitrogen and oxygen atoms in total. The third-order valence-electron chi connectivity index (χ3n) is 2.29. The van der Waals surface area contributed by atoms with Crippen molar-refractivity contribution < 1.29 is 14.6 Å². The average Bonchev–Trinajstić information content (AvgIpc) is 2.37. The number of thiocarbonyl (C=S) groups is 1. The molecule has 0 saturated heterocycles. The predicted molar refractivity (Wildman–Crippen MR) is 71.3 cm³/mol. The molecule has 0 aliphatic carbocycles. The number of hydrazine groups is 1. The first kappa shape index (κ1) is 15.4. The molecule has 20 heavy (non-hydrogen) atoms. The van der Waals surface area contributed by atoms with Crippen LogP contribution in [-0.2, 0) is 11.2 Å². The minimum absolute atomic E-state index is 0.180. The highest BCUT2D eigenvalue weighted by molar-refractivity contribution is 7.80. The molecule has 0 unspecified atom stereocenters. The zero-order chi connectivity index (χ0) is 15.4. The third-order valence-corrected chi connectivity index (χ3v) is 2.49. The van der Waals surface area contributed by atoms with Crippen LogP contribution < -0.4 is 11.6 Å². The van der Waals surface area contributed by atoms with E-state index in [1.54, 1.807) is 0 Å². The predicted octanol–water partition coefficient (Wildman–Crippen LogP) is -0.00860. The highest BCUT2D eigenvalue weighted by Crippen LogP contribution is 2.27. The zero-order valence-corrected chi connectivity index (χ0v) is 10.7. The van der Waals surface area contributed by atoms with Crippen molar-refractivity contribution >= 4 is 34.6 Å². The molecule has 4 N–H and O–H groups in total. The van der Waals surface area contributed by atoms with Crippen LogP contribution in [0.4, 0.5) is 11.4 Å². The number of carbonyl (C=O) groups is 1. The minimum atomic E-state index is -0.903. The van der Waals surface area contributed by atoms with Gasteiger partial charge >= 0.3 is 11.4 Å². The maximum Gasteiger partial charge on any atom is 0.346 e. The minimum Gasteiger partial charge on any atom is -0.375 e. The van der Waals surface area contributed by atoms with Crippen LogP contribution in [0, 0.1) is 20.2 Å². The Morgan fingerprint density at radius 3 is 2.25 bits per heavy atom. The second-order valence-electron chi connectivity index (χ2n) is 3.62. The molecule has 1 amide bonds. The summed E-state index contributed by atoms with van der Waals surface area (Å²) in [6, 6.07) is 3.10. The van der Waals surface area contributed by atoms with Gasteiger partial charge < -0.3 is 5.73 Å². The fourth-order valence-electron chi connectivity index (χ4n) is 1.36. The van der Waals surface area contributed by atoms with Crippen LogP contribution in [0.2, 0.25) is 0 Å². The van der Waals surface area contributed by atoms with Crippen LogP contribution in [0.5, 0.6) is 0 Å². The molecule has 0 radical (unpaired) electrons. The third kappa shape index (κ3) is 3.43. The number of nitrogens with zero attached hydrogens (tertiary/aromatic N) is 3. The molecule has 0 atom stereocenters. The number of nitro benzene ring substituents is 2. The summed E-state index contributed by atoms with van der Waals surface area (Å²) in [5.41, 5.74) is 3.96. The zero-order valence-electron chi connectivity index (χ0n) is 9.88. The largest absolute Gasteiger partial charge is 0.375 e. The molecule has 0 aliphatic heterocycles. The number of carbonyl (C=O) groups excluding carboxylic acids is 1. The smallest absolute Gasteiger partial charge is 0.346 e. The first-order chi connectivity index (χ1) is 9.23. The van der Waals surface area contributed by atoms with Crippen molar-refractivity contribution in [3.63, 3.8) is 0 Å². The van der Waals surface area contributed by atoms with Gasteiger partial charge in [0.15, 0.2) is 5.11 Å². The summed E-state index contributed by atoms with van der Waals surface area (Å²) < 4.78 is 0. The lowest BCUT2D eigenvalue weighted by Gasteiger charge is -2.13. The number of nitrogens with two attached hydrogens (primary N) is 2. The first-order valence-electron chi connectivity index (χ1n) is 5.02. The van der Waals surface area contributed by atoms with Crippen molar-refractivity contribution in [1.29, 1.82) is 0 Å². The summed E-state index contributed by atoms with van der Waals surface area (Å²) in [5, 5.41) is 21.5. The summed E-state index contributed by atoms with van der Waals surface area (Å²) in [6.45, 7) is 0. The molecule has 11 heteroatoms. The Bertz CT molecular complexity index is 604. The van der Waals surface area contributed by atoms with E-state index in [0.717, 1.165) is 12.1 Å². The number of amides is 1. The van der Waals surface area contributed by atoms with E-state index in [9.17, 15) is 25.0 Å². The van der Waals surface area contributed by atoms with E-state index in [4.69, 9.17) is 11.6 Å². The Labute approximate surface area is 117 Å². The monoisotopic (exact) mass is 299 g/mol. The number of benzene rings is 1. The van der Waals surface area contributed by atoms with Gasteiger partial charge in [0.2, 0.25) is 5.91 Å². The molecule has 0 aliphatic rings. The molecule has 0 bridgehead atoms. The van der Waals surface area contributed by atoms with E-state index < -0.39 is 27.1 Å². The van der Waals surface area contributed by atoms with Crippen LogP contribution in [0.25, 0.3) is 0 Å². The van der Waals surface area contributed by atoms with Crippen LogP contribution in [0.3, 0.4) is 0 Å². The van der Waals surface area contributed by atoms with E-state index in [-0.39, 0.29) is 17.1 Å². The lowest BCUT2D eigenvalue weighted by Crippen LogP contribution is -2.46. The van der Waals surface area contributed by atoms with Crippen molar-refractivity contribution in [2.24, 2.45) is 11.6 Å². The summed E-state index contributed by atoms with van der Waals surface area (Å²) in [7, 11) is 0. The normalized spacial score (nSPS) is 9.85. The standard InChI is InChI=1S/C9H9N5O5S/c10-9(20)12(11)8(15)4-5-1-2-6(13(16)17)7(3-5)14(18)19/h1-3H,4,11H2,(H2,10,20). The van der Waals surface area contributed by atoms with Crippen LogP contribution in [-0.4, -0.2) is 25.9 Å². The summed E-state index contributed by atoms with van der Waals surface area (Å²) in [5.74, 6) is 4.57. The van der Waals surface area contributed by atoms with Gasteiger partial charge in [-0.25, -0.2) is 10.9 Å². The molecule has 1 aromatic rings. The SMILES string of the molecule is NC(=S)N(N)C(=O)Cc1ccc([N+](=O)[O-])c([N+](=O)[O-])c1. The molecule has 0 saturated carbocycles. The molecule has 0 spiro atoms. The molecule has 106 valence electrons. The van der Waals surface area contributed by atoms with Gasteiger partial charge in [-0.15, -0.1) is 0 Å². The van der Waals surface area contributed by atoms with E-state index in [2.05, 4.69) is 12.2 Å². The Morgan fingerprint density at radius 1 is 1.25 bits per heavy atom. The Morgan fingerprint density at radius 2 is 1.80 bits per heavy atom. The van der Waals surface area contributed by atoms with Crippen molar-refractivity contribution in [2.75, 3.05) is 0 Å². The topological polar surface area (TPSA) is 159 Å². The molecule has 1 aromatic carbocycles. The van der Waals surface area contributed by atoms with Gasteiger partial charge in [-0.3, -0.25) is 25.0 Å². The van der Waals surface area contributed by atoms with Gasteiger partial charge in [0.25, 0.3) is 0 Å². The van der Waals surface area contributed by atoms with Gasteiger partial charge in [0.05, 0.1) is 16.3 Å². The fraction of sp³-hybridized carbons (Fsp3) is 0.111. The van der Waals surface area contributed by atoms with Gasteiger partial charge in [-0.1, -0.05) is 6.07 Å². The van der Waals surface area contributed by atoms with Gasteiger partial charge in [-0.2, -0.15) is 0 Å². The van der Waals surface area contributed by atoms with Crippen LogP contribution in [0.1, 0.15) is 5.56 Å². The number of hydrogen-bond acceptors (Lipinski definition) is 7. The summed E-state index contributed by atoms with van der Waals surface area (Å²) in [4.78, 5) is 31.2. The van der Waals surface area contributed by atoms with E-state index in [1.807, 2.05) is 0 Å². The molecule has 1 rings (SSSR count). The summed E-state index contributed by atoms with van der Waals surface area (Å²) >= 11 is 4.49. The van der Waals surface area contributed by atoms with E-state index in [1.165, 1.54) is 6.07 Å². The maximum atomic E-state index is 11.6. The van der Waals surface area contributed by atoms with Gasteiger partial charge in [0.1, 0.15) is 0 Å². The highest BCUT2D eigenvalue weighted by Gasteiger charge is 2.25. The van der Waals surface area contributed by atoms with Crippen molar-refractivity contribution in [3.05, 3.63) is 44.0 Å². The maximum absolute atomic E-state index is 11.6. The molecule has 0 heterocycles. The van der Waals surface area contributed by atoms with Crippen molar-refractivity contribution in [1.82, 2.24) is 5.01 Å². The van der Waals surface area contributed by atoms with Crippen molar-refractivity contribution in [2.45, 2.75) is 6.42 Å². The number of nitro groups is 2. The Balaban J connectivity index is 3.07. The quantitative estimate of drug-likeness (QED) is 0.258. The molecule has 0 fully saturated rings. The van der Waals surface area contributed by atoms with Crippen LogP contribution >= 0.6 is 12.2 Å². The second-order valence-corrected chi connectivity index (χ2v) is 4.03.